The van der Waals surface area contributed by atoms with E-state index in [1.807, 2.05) is 17.8 Å². The SMILES string of the molecule is Cn1ccnc1Cn1c(CCl)nc2cc(I)ccc21. The van der Waals surface area contributed by atoms with E-state index in [0.717, 1.165) is 22.7 Å². The molecular formula is C13H12ClIN4. The van der Waals surface area contributed by atoms with E-state index in [2.05, 4.69) is 55.3 Å². The molecule has 1 aromatic carbocycles. The van der Waals surface area contributed by atoms with Crippen molar-refractivity contribution in [2.24, 2.45) is 7.05 Å². The van der Waals surface area contributed by atoms with Gasteiger partial charge in [-0.15, -0.1) is 11.6 Å². The highest BCUT2D eigenvalue weighted by Crippen LogP contribution is 2.21. The third-order valence-electron chi connectivity index (χ3n) is 3.13. The molecule has 0 saturated carbocycles. The summed E-state index contributed by atoms with van der Waals surface area (Å²) in [5, 5.41) is 0. The summed E-state index contributed by atoms with van der Waals surface area (Å²) in [6, 6.07) is 6.24. The Balaban J connectivity index is 2.13. The van der Waals surface area contributed by atoms with E-state index in [-0.39, 0.29) is 0 Å². The Hall–Kier alpha value is -1.08. The van der Waals surface area contributed by atoms with Gasteiger partial charge in [0.05, 0.1) is 23.5 Å². The fourth-order valence-electron chi connectivity index (χ4n) is 2.12. The summed E-state index contributed by atoms with van der Waals surface area (Å²) in [5.74, 6) is 2.27. The highest BCUT2D eigenvalue weighted by molar-refractivity contribution is 14.1. The molecule has 19 heavy (non-hydrogen) atoms. The maximum absolute atomic E-state index is 6.01. The molecule has 0 spiro atoms. The number of imidazole rings is 2. The van der Waals surface area contributed by atoms with Crippen molar-refractivity contribution in [3.05, 3.63) is 45.8 Å². The van der Waals surface area contributed by atoms with Gasteiger partial charge >= 0.3 is 0 Å². The first-order valence-corrected chi connectivity index (χ1v) is 7.47. The number of aryl methyl sites for hydroxylation is 1. The third kappa shape index (κ3) is 2.36. The van der Waals surface area contributed by atoms with Crippen LogP contribution in [-0.4, -0.2) is 19.1 Å². The molecule has 0 unspecified atom stereocenters. The molecule has 2 aromatic heterocycles. The second-order valence-corrected chi connectivity index (χ2v) is 5.85. The van der Waals surface area contributed by atoms with Crippen molar-refractivity contribution in [3.63, 3.8) is 0 Å². The van der Waals surface area contributed by atoms with Gasteiger partial charge in [-0.3, -0.25) is 0 Å². The van der Waals surface area contributed by atoms with Crippen LogP contribution in [0.25, 0.3) is 11.0 Å². The predicted molar refractivity (Wildman–Crippen MR) is 84.3 cm³/mol. The van der Waals surface area contributed by atoms with Crippen molar-refractivity contribution in [2.45, 2.75) is 12.4 Å². The number of halogens is 2. The quantitative estimate of drug-likeness (QED) is 0.512. The van der Waals surface area contributed by atoms with Crippen LogP contribution in [0.1, 0.15) is 11.6 Å². The van der Waals surface area contributed by atoms with Crippen LogP contribution in [0.4, 0.5) is 0 Å². The molecule has 0 bridgehead atoms. The number of aromatic nitrogens is 4. The van der Waals surface area contributed by atoms with Crippen LogP contribution >= 0.6 is 34.2 Å². The summed E-state index contributed by atoms with van der Waals surface area (Å²) < 4.78 is 5.31. The topological polar surface area (TPSA) is 35.6 Å². The monoisotopic (exact) mass is 386 g/mol. The van der Waals surface area contributed by atoms with Crippen molar-refractivity contribution in [1.29, 1.82) is 0 Å². The minimum absolute atomic E-state index is 0.398. The van der Waals surface area contributed by atoms with E-state index in [9.17, 15) is 0 Å². The van der Waals surface area contributed by atoms with Gasteiger partial charge < -0.3 is 9.13 Å². The zero-order chi connectivity index (χ0) is 13.4. The Labute approximate surface area is 129 Å². The average Bonchev–Trinajstić information content (AvgIpc) is 2.94. The summed E-state index contributed by atoms with van der Waals surface area (Å²) in [5.41, 5.74) is 2.08. The van der Waals surface area contributed by atoms with Gasteiger partial charge in [-0.2, -0.15) is 0 Å². The Morgan fingerprint density at radius 3 is 2.84 bits per heavy atom. The number of nitrogens with zero attached hydrogens (tertiary/aromatic N) is 4. The van der Waals surface area contributed by atoms with Crippen LogP contribution in [0.2, 0.25) is 0 Å². The summed E-state index contributed by atoms with van der Waals surface area (Å²) in [6.07, 6.45) is 3.75. The molecule has 0 radical (unpaired) electrons. The lowest BCUT2D eigenvalue weighted by Crippen LogP contribution is -2.08. The Bertz CT molecular complexity index is 731. The van der Waals surface area contributed by atoms with Crippen LogP contribution in [0, 0.1) is 3.57 Å². The van der Waals surface area contributed by atoms with Crippen LogP contribution < -0.4 is 0 Å². The molecule has 2 heterocycles. The largest absolute Gasteiger partial charge is 0.337 e. The molecule has 0 N–H and O–H groups in total. The van der Waals surface area contributed by atoms with E-state index in [1.165, 1.54) is 3.57 Å². The second-order valence-electron chi connectivity index (χ2n) is 4.34. The van der Waals surface area contributed by atoms with Crippen molar-refractivity contribution in [3.8, 4) is 0 Å². The second kappa shape index (κ2) is 5.13. The van der Waals surface area contributed by atoms with E-state index >= 15 is 0 Å². The van der Waals surface area contributed by atoms with Gasteiger partial charge in [0.1, 0.15) is 11.6 Å². The van der Waals surface area contributed by atoms with E-state index < -0.39 is 0 Å². The molecule has 3 aromatic rings. The van der Waals surface area contributed by atoms with Crippen molar-refractivity contribution >= 4 is 45.2 Å². The minimum Gasteiger partial charge on any atom is -0.337 e. The van der Waals surface area contributed by atoms with Crippen molar-refractivity contribution < 1.29 is 0 Å². The van der Waals surface area contributed by atoms with Gasteiger partial charge in [-0.05, 0) is 40.8 Å². The maximum Gasteiger partial charge on any atom is 0.128 e. The fourth-order valence-corrected chi connectivity index (χ4v) is 2.80. The van der Waals surface area contributed by atoms with Gasteiger partial charge in [0.15, 0.2) is 0 Å². The molecule has 0 saturated heterocycles. The Kier molecular flexibility index (Phi) is 3.49. The Morgan fingerprint density at radius 2 is 2.16 bits per heavy atom. The number of alkyl halides is 1. The number of rotatable bonds is 3. The van der Waals surface area contributed by atoms with Crippen LogP contribution in [-0.2, 0) is 19.5 Å². The van der Waals surface area contributed by atoms with Crippen LogP contribution in [0.3, 0.4) is 0 Å². The number of fused-ring (bicyclic) bond motifs is 1. The van der Waals surface area contributed by atoms with Crippen molar-refractivity contribution in [2.75, 3.05) is 0 Å². The first kappa shape index (κ1) is 12.9. The average molecular weight is 387 g/mol. The molecule has 3 rings (SSSR count). The standard InChI is InChI=1S/C13H12ClIN4/c1-18-5-4-16-13(18)8-19-11-3-2-9(15)6-10(11)17-12(19)7-14/h2-6H,7-8H2,1H3. The Morgan fingerprint density at radius 1 is 1.32 bits per heavy atom. The van der Waals surface area contributed by atoms with Crippen LogP contribution in [0.15, 0.2) is 30.6 Å². The summed E-state index contributed by atoms with van der Waals surface area (Å²) in [7, 11) is 1.99. The number of benzene rings is 1. The number of hydrogen-bond donors (Lipinski definition) is 0. The molecule has 0 atom stereocenters. The molecule has 0 aliphatic heterocycles. The molecule has 4 nitrogen and oxygen atoms in total. The molecule has 98 valence electrons. The maximum atomic E-state index is 6.01. The molecule has 6 heteroatoms. The molecule has 0 fully saturated rings. The predicted octanol–water partition coefficient (Wildman–Crippen LogP) is 3.16. The first-order chi connectivity index (χ1) is 9.19. The zero-order valence-electron chi connectivity index (χ0n) is 10.3. The van der Waals surface area contributed by atoms with Crippen LogP contribution in [0.5, 0.6) is 0 Å². The summed E-state index contributed by atoms with van der Waals surface area (Å²) in [4.78, 5) is 8.95. The summed E-state index contributed by atoms with van der Waals surface area (Å²) >= 11 is 8.30. The van der Waals surface area contributed by atoms with Crippen molar-refractivity contribution in [1.82, 2.24) is 19.1 Å². The van der Waals surface area contributed by atoms with E-state index in [1.54, 1.807) is 6.20 Å². The van der Waals surface area contributed by atoms with Gasteiger partial charge in [0.2, 0.25) is 0 Å². The summed E-state index contributed by atoms with van der Waals surface area (Å²) in [6.45, 7) is 0.683. The zero-order valence-corrected chi connectivity index (χ0v) is 13.3. The lowest BCUT2D eigenvalue weighted by atomic mass is 10.3. The van der Waals surface area contributed by atoms with Gasteiger partial charge in [-0.1, -0.05) is 0 Å². The molecule has 0 aliphatic rings. The highest BCUT2D eigenvalue weighted by Gasteiger charge is 2.12. The minimum atomic E-state index is 0.398. The van der Waals surface area contributed by atoms with Gasteiger partial charge in [-0.25, -0.2) is 9.97 Å². The molecule has 0 aliphatic carbocycles. The molecular weight excluding hydrogens is 375 g/mol. The lowest BCUT2D eigenvalue weighted by molar-refractivity contribution is 0.693. The smallest absolute Gasteiger partial charge is 0.128 e. The molecule has 0 amide bonds. The number of hydrogen-bond acceptors (Lipinski definition) is 2. The van der Waals surface area contributed by atoms with E-state index in [4.69, 9.17) is 11.6 Å². The van der Waals surface area contributed by atoms with Gasteiger partial charge in [0.25, 0.3) is 0 Å². The third-order valence-corrected chi connectivity index (χ3v) is 4.04. The highest BCUT2D eigenvalue weighted by atomic mass is 127. The normalized spacial score (nSPS) is 11.3. The fraction of sp³-hybridized carbons (Fsp3) is 0.231. The first-order valence-electron chi connectivity index (χ1n) is 5.86. The van der Waals surface area contributed by atoms with Gasteiger partial charge in [0, 0.05) is 23.0 Å². The van der Waals surface area contributed by atoms with E-state index in [0.29, 0.717) is 12.4 Å². The lowest BCUT2D eigenvalue weighted by Gasteiger charge is -2.07.